The SMILES string of the molecule is CCC(C)NC(=O)CONC1=CCN(S(=O)(=O)c2cccc(C(F)(F)F)c2)CC1. The van der Waals surface area contributed by atoms with Crippen molar-refractivity contribution in [3.63, 3.8) is 0 Å². The second kappa shape index (κ2) is 9.59. The molecular formula is C18H24F3N3O4S. The first-order valence-corrected chi connectivity index (χ1v) is 10.5. The third-order valence-corrected chi connectivity index (χ3v) is 6.26. The number of benzene rings is 1. The molecule has 1 aliphatic heterocycles. The highest BCUT2D eigenvalue weighted by atomic mass is 32.2. The number of nitrogens with zero attached hydrogens (tertiary/aromatic N) is 1. The summed E-state index contributed by atoms with van der Waals surface area (Å²) in [7, 11) is -4.06. The van der Waals surface area contributed by atoms with Crippen molar-refractivity contribution in [1.82, 2.24) is 15.1 Å². The van der Waals surface area contributed by atoms with Crippen LogP contribution in [0.25, 0.3) is 0 Å². The van der Waals surface area contributed by atoms with Crippen LogP contribution >= 0.6 is 0 Å². The molecule has 0 spiro atoms. The maximum Gasteiger partial charge on any atom is 0.416 e. The van der Waals surface area contributed by atoms with Crippen molar-refractivity contribution in [3.8, 4) is 0 Å². The Morgan fingerprint density at radius 3 is 2.66 bits per heavy atom. The van der Waals surface area contributed by atoms with Crippen LogP contribution in [0.2, 0.25) is 0 Å². The van der Waals surface area contributed by atoms with Gasteiger partial charge in [0.2, 0.25) is 15.9 Å². The predicted molar refractivity (Wildman–Crippen MR) is 99.9 cm³/mol. The molecule has 1 aliphatic rings. The average molecular weight is 435 g/mol. The van der Waals surface area contributed by atoms with E-state index in [2.05, 4.69) is 10.8 Å². The summed E-state index contributed by atoms with van der Waals surface area (Å²) < 4.78 is 64.9. The molecule has 0 fully saturated rings. The van der Waals surface area contributed by atoms with E-state index in [1.165, 1.54) is 0 Å². The van der Waals surface area contributed by atoms with Crippen LogP contribution in [-0.2, 0) is 25.8 Å². The Labute approximate surface area is 167 Å². The van der Waals surface area contributed by atoms with Gasteiger partial charge in [-0.1, -0.05) is 13.0 Å². The second-order valence-electron chi connectivity index (χ2n) is 6.64. The number of hydrogen-bond acceptors (Lipinski definition) is 5. The Morgan fingerprint density at radius 1 is 1.34 bits per heavy atom. The van der Waals surface area contributed by atoms with Crippen LogP contribution in [0.1, 0.15) is 32.3 Å². The number of carbonyl (C=O) groups is 1. The highest BCUT2D eigenvalue weighted by molar-refractivity contribution is 7.89. The van der Waals surface area contributed by atoms with Crippen LogP contribution in [0.3, 0.4) is 0 Å². The molecule has 0 aromatic heterocycles. The summed E-state index contributed by atoms with van der Waals surface area (Å²) in [6.45, 7) is 3.65. The van der Waals surface area contributed by atoms with Gasteiger partial charge < -0.3 is 5.32 Å². The molecule has 0 aliphatic carbocycles. The summed E-state index contributed by atoms with van der Waals surface area (Å²) in [5.74, 6) is -0.281. The normalized spacial score (nSPS) is 16.8. The minimum absolute atomic E-state index is 0.0245. The van der Waals surface area contributed by atoms with E-state index in [-0.39, 0.29) is 38.1 Å². The number of carbonyl (C=O) groups excluding carboxylic acids is 1. The maximum atomic E-state index is 12.8. The van der Waals surface area contributed by atoms with Gasteiger partial charge in [0.1, 0.15) is 0 Å². The van der Waals surface area contributed by atoms with Gasteiger partial charge in [-0.3, -0.25) is 15.1 Å². The molecule has 0 saturated heterocycles. The van der Waals surface area contributed by atoms with Crippen molar-refractivity contribution in [2.45, 2.75) is 43.8 Å². The molecule has 1 aromatic carbocycles. The van der Waals surface area contributed by atoms with Gasteiger partial charge in [-0.2, -0.15) is 17.5 Å². The molecular weight excluding hydrogens is 411 g/mol. The van der Waals surface area contributed by atoms with E-state index in [9.17, 15) is 26.4 Å². The molecule has 7 nitrogen and oxygen atoms in total. The largest absolute Gasteiger partial charge is 0.416 e. The summed E-state index contributed by atoms with van der Waals surface area (Å²) in [6, 6.07) is 3.70. The maximum absolute atomic E-state index is 12.8. The second-order valence-corrected chi connectivity index (χ2v) is 8.57. The zero-order valence-electron chi connectivity index (χ0n) is 16.1. The molecule has 1 aromatic rings. The van der Waals surface area contributed by atoms with Gasteiger partial charge in [0.15, 0.2) is 6.61 Å². The first-order valence-electron chi connectivity index (χ1n) is 9.07. The van der Waals surface area contributed by atoms with Crippen molar-refractivity contribution in [2.24, 2.45) is 0 Å². The quantitative estimate of drug-likeness (QED) is 0.613. The molecule has 0 saturated carbocycles. The lowest BCUT2D eigenvalue weighted by atomic mass is 10.2. The average Bonchev–Trinajstić information content (AvgIpc) is 2.67. The van der Waals surface area contributed by atoms with Crippen LogP contribution in [-0.4, -0.2) is 44.4 Å². The first kappa shape index (κ1) is 23.2. The molecule has 0 bridgehead atoms. The number of sulfonamides is 1. The van der Waals surface area contributed by atoms with Gasteiger partial charge in [0.05, 0.1) is 10.5 Å². The molecule has 11 heteroatoms. The fraction of sp³-hybridized carbons (Fsp3) is 0.500. The van der Waals surface area contributed by atoms with E-state index in [0.717, 1.165) is 28.9 Å². The Bertz CT molecular complexity index is 856. The number of nitrogens with one attached hydrogen (secondary N) is 2. The van der Waals surface area contributed by atoms with Gasteiger partial charge in [-0.15, -0.1) is 0 Å². The number of rotatable bonds is 8. The fourth-order valence-corrected chi connectivity index (χ4v) is 3.98. The summed E-state index contributed by atoms with van der Waals surface area (Å²) in [5, 5.41) is 2.74. The van der Waals surface area contributed by atoms with Crippen molar-refractivity contribution >= 4 is 15.9 Å². The van der Waals surface area contributed by atoms with Crippen LogP contribution in [0, 0.1) is 0 Å². The molecule has 1 atom stereocenters. The van der Waals surface area contributed by atoms with Crippen LogP contribution in [0.15, 0.2) is 40.9 Å². The van der Waals surface area contributed by atoms with Crippen molar-refractivity contribution in [3.05, 3.63) is 41.6 Å². The number of amides is 1. The minimum atomic E-state index is -4.62. The highest BCUT2D eigenvalue weighted by Crippen LogP contribution is 2.31. The number of halogens is 3. The van der Waals surface area contributed by atoms with E-state index in [1.807, 2.05) is 13.8 Å². The summed E-state index contributed by atoms with van der Waals surface area (Å²) >= 11 is 0. The van der Waals surface area contributed by atoms with Gasteiger partial charge in [0, 0.05) is 31.2 Å². The first-order chi connectivity index (χ1) is 13.5. The van der Waals surface area contributed by atoms with Crippen LogP contribution in [0.4, 0.5) is 13.2 Å². The molecule has 1 heterocycles. The van der Waals surface area contributed by atoms with E-state index in [4.69, 9.17) is 4.84 Å². The van der Waals surface area contributed by atoms with E-state index < -0.39 is 26.7 Å². The van der Waals surface area contributed by atoms with Gasteiger partial charge in [-0.25, -0.2) is 8.42 Å². The van der Waals surface area contributed by atoms with Gasteiger partial charge in [-0.05, 0) is 37.6 Å². The van der Waals surface area contributed by atoms with Crippen molar-refractivity contribution < 1.29 is 31.2 Å². The smallest absolute Gasteiger partial charge is 0.352 e. The Morgan fingerprint density at radius 2 is 2.07 bits per heavy atom. The molecule has 1 amide bonds. The lowest BCUT2D eigenvalue weighted by molar-refractivity contribution is -0.137. The lowest BCUT2D eigenvalue weighted by Gasteiger charge is -2.26. The fourth-order valence-electron chi connectivity index (χ4n) is 2.56. The summed E-state index contributed by atoms with van der Waals surface area (Å²) in [6.07, 6.45) is -2.00. The summed E-state index contributed by atoms with van der Waals surface area (Å²) in [4.78, 5) is 16.3. The van der Waals surface area contributed by atoms with Crippen molar-refractivity contribution in [1.29, 1.82) is 0 Å². The number of hydroxylamine groups is 1. The Hall–Kier alpha value is -2.11. The Balaban J connectivity index is 1.93. The van der Waals surface area contributed by atoms with Gasteiger partial charge >= 0.3 is 6.18 Å². The van der Waals surface area contributed by atoms with Crippen LogP contribution in [0.5, 0.6) is 0 Å². The Kier molecular flexibility index (Phi) is 7.66. The standard InChI is InChI=1S/C18H24F3N3O4S/c1-3-13(2)22-17(25)12-28-23-15-7-9-24(10-8-15)29(26,27)16-6-4-5-14(11-16)18(19,20)21/h4-7,11,13,23H,3,8-10,12H2,1-2H3,(H,22,25). The topological polar surface area (TPSA) is 87.7 Å². The van der Waals surface area contributed by atoms with E-state index in [1.54, 1.807) is 6.08 Å². The number of hydrogen-bond donors (Lipinski definition) is 2. The van der Waals surface area contributed by atoms with Crippen LogP contribution < -0.4 is 10.8 Å². The molecule has 2 rings (SSSR count). The third-order valence-electron chi connectivity index (χ3n) is 4.40. The van der Waals surface area contributed by atoms with E-state index in [0.29, 0.717) is 11.8 Å². The van der Waals surface area contributed by atoms with E-state index >= 15 is 0 Å². The molecule has 162 valence electrons. The van der Waals surface area contributed by atoms with Crippen molar-refractivity contribution in [2.75, 3.05) is 19.7 Å². The lowest BCUT2D eigenvalue weighted by Crippen LogP contribution is -2.38. The molecule has 1 unspecified atom stereocenters. The summed E-state index contributed by atoms with van der Waals surface area (Å²) in [5.41, 5.74) is 2.19. The minimum Gasteiger partial charge on any atom is -0.352 e. The molecule has 2 N–H and O–H groups in total. The molecule has 29 heavy (non-hydrogen) atoms. The van der Waals surface area contributed by atoms with Gasteiger partial charge in [0.25, 0.3) is 0 Å². The zero-order valence-corrected chi connectivity index (χ0v) is 16.9. The molecule has 0 radical (unpaired) electrons. The third kappa shape index (κ3) is 6.44. The number of alkyl halides is 3. The highest BCUT2D eigenvalue weighted by Gasteiger charge is 2.33. The zero-order chi connectivity index (χ0) is 21.7. The predicted octanol–water partition coefficient (Wildman–Crippen LogP) is 2.42. The monoisotopic (exact) mass is 435 g/mol.